The van der Waals surface area contributed by atoms with Gasteiger partial charge in [-0.15, -0.1) is 0 Å². The van der Waals surface area contributed by atoms with Gasteiger partial charge in [0.05, 0.1) is 18.8 Å². The molecule has 0 bridgehead atoms. The van der Waals surface area contributed by atoms with Crippen LogP contribution in [0.15, 0.2) is 48.8 Å². The molecule has 2 aliphatic rings. The van der Waals surface area contributed by atoms with E-state index in [0.717, 1.165) is 82.2 Å². The van der Waals surface area contributed by atoms with Gasteiger partial charge in [-0.2, -0.15) is 0 Å². The zero-order valence-electron chi connectivity index (χ0n) is 18.5. The molecule has 2 aromatic heterocycles. The van der Waals surface area contributed by atoms with Crippen molar-refractivity contribution >= 4 is 28.3 Å². The smallest absolute Gasteiger partial charge is 0.259 e. The van der Waals surface area contributed by atoms with Crippen LogP contribution in [0.4, 0.5) is 11.5 Å². The summed E-state index contributed by atoms with van der Waals surface area (Å²) in [5, 5.41) is 4.22. The van der Waals surface area contributed by atoms with E-state index in [4.69, 9.17) is 4.74 Å². The molecule has 7 heteroatoms. The first-order valence-electron chi connectivity index (χ1n) is 11.7. The summed E-state index contributed by atoms with van der Waals surface area (Å²) in [6, 6.07) is 12.0. The van der Waals surface area contributed by atoms with Gasteiger partial charge in [0.15, 0.2) is 0 Å². The van der Waals surface area contributed by atoms with Crippen molar-refractivity contribution in [3.63, 3.8) is 0 Å². The van der Waals surface area contributed by atoms with Crippen LogP contribution in [0.1, 0.15) is 29.6 Å². The standard InChI is InChI=1S/C25H31N5O2/c31-25(22-5-4-9-26-24(22)30-10-2-1-3-11-30)27-21-6-7-23-20(19-21)8-12-29(23)14-13-28-15-17-32-18-16-28/h4-9,12,19H,1-3,10-11,13-18H2,(H,27,31). The van der Waals surface area contributed by atoms with E-state index >= 15 is 0 Å². The van der Waals surface area contributed by atoms with Crippen LogP contribution in [-0.2, 0) is 11.3 Å². The molecular formula is C25H31N5O2. The summed E-state index contributed by atoms with van der Waals surface area (Å²) in [5.74, 6) is 0.685. The third-order valence-corrected chi connectivity index (χ3v) is 6.48. The summed E-state index contributed by atoms with van der Waals surface area (Å²) in [6.45, 7) is 7.54. The molecule has 2 saturated heterocycles. The maximum atomic E-state index is 13.1. The maximum Gasteiger partial charge on any atom is 0.259 e. The Balaban J connectivity index is 1.28. The number of nitrogens with one attached hydrogen (secondary N) is 1. The number of pyridine rings is 1. The molecule has 3 aromatic rings. The van der Waals surface area contributed by atoms with E-state index in [1.54, 1.807) is 6.20 Å². The number of anilines is 2. The van der Waals surface area contributed by atoms with E-state index in [-0.39, 0.29) is 5.91 Å². The van der Waals surface area contributed by atoms with Crippen molar-refractivity contribution in [1.82, 2.24) is 14.5 Å². The van der Waals surface area contributed by atoms with E-state index in [9.17, 15) is 4.79 Å². The summed E-state index contributed by atoms with van der Waals surface area (Å²) in [4.78, 5) is 22.3. The molecule has 1 amide bonds. The average Bonchev–Trinajstić information content (AvgIpc) is 3.26. The van der Waals surface area contributed by atoms with Crippen molar-refractivity contribution in [2.45, 2.75) is 25.8 Å². The molecule has 4 heterocycles. The molecule has 0 saturated carbocycles. The molecule has 32 heavy (non-hydrogen) atoms. The van der Waals surface area contributed by atoms with Crippen molar-refractivity contribution in [2.24, 2.45) is 0 Å². The molecule has 0 unspecified atom stereocenters. The lowest BCUT2D eigenvalue weighted by atomic mass is 10.1. The van der Waals surface area contributed by atoms with Gasteiger partial charge in [-0.3, -0.25) is 9.69 Å². The number of fused-ring (bicyclic) bond motifs is 1. The molecule has 1 N–H and O–H groups in total. The van der Waals surface area contributed by atoms with Crippen LogP contribution in [0.3, 0.4) is 0 Å². The van der Waals surface area contributed by atoms with Gasteiger partial charge in [-0.05, 0) is 55.7 Å². The number of carbonyl (C=O) groups is 1. The second-order valence-corrected chi connectivity index (χ2v) is 8.61. The predicted octanol–water partition coefficient (Wildman–Crippen LogP) is 3.61. The highest BCUT2D eigenvalue weighted by Gasteiger charge is 2.20. The highest BCUT2D eigenvalue weighted by molar-refractivity contribution is 6.08. The number of nitrogens with zero attached hydrogens (tertiary/aromatic N) is 4. The first-order valence-corrected chi connectivity index (χ1v) is 11.7. The molecule has 1 aromatic carbocycles. The first kappa shape index (κ1) is 21.0. The number of carbonyl (C=O) groups excluding carboxylic acids is 1. The van der Waals surface area contributed by atoms with E-state index < -0.39 is 0 Å². The molecule has 0 atom stereocenters. The highest BCUT2D eigenvalue weighted by Crippen LogP contribution is 2.24. The first-order chi connectivity index (χ1) is 15.8. The minimum absolute atomic E-state index is 0.107. The number of morpholine rings is 1. The number of hydrogen-bond donors (Lipinski definition) is 1. The van der Waals surface area contributed by atoms with E-state index in [1.807, 2.05) is 18.2 Å². The average molecular weight is 434 g/mol. The summed E-state index contributed by atoms with van der Waals surface area (Å²) in [7, 11) is 0. The summed E-state index contributed by atoms with van der Waals surface area (Å²) in [6.07, 6.45) is 7.45. The Morgan fingerprint density at radius 1 is 1.00 bits per heavy atom. The maximum absolute atomic E-state index is 13.1. The van der Waals surface area contributed by atoms with Crippen molar-refractivity contribution in [1.29, 1.82) is 0 Å². The summed E-state index contributed by atoms with van der Waals surface area (Å²) in [5.41, 5.74) is 2.63. The van der Waals surface area contributed by atoms with Crippen LogP contribution in [0.25, 0.3) is 10.9 Å². The lowest BCUT2D eigenvalue weighted by molar-refractivity contribution is 0.0365. The highest BCUT2D eigenvalue weighted by atomic mass is 16.5. The monoisotopic (exact) mass is 433 g/mol. The Kier molecular flexibility index (Phi) is 6.36. The van der Waals surface area contributed by atoms with Crippen molar-refractivity contribution in [3.8, 4) is 0 Å². The van der Waals surface area contributed by atoms with E-state index in [2.05, 4.69) is 49.1 Å². The summed E-state index contributed by atoms with van der Waals surface area (Å²) < 4.78 is 7.72. The second-order valence-electron chi connectivity index (χ2n) is 8.61. The normalized spacial score (nSPS) is 17.6. The molecule has 2 aliphatic heterocycles. The number of benzene rings is 1. The minimum atomic E-state index is -0.107. The van der Waals surface area contributed by atoms with Crippen molar-refractivity contribution < 1.29 is 9.53 Å². The van der Waals surface area contributed by atoms with Crippen LogP contribution in [0, 0.1) is 0 Å². The molecule has 0 spiro atoms. The fourth-order valence-corrected chi connectivity index (χ4v) is 4.68. The molecule has 2 fully saturated rings. The van der Waals surface area contributed by atoms with Crippen LogP contribution >= 0.6 is 0 Å². The molecule has 168 valence electrons. The van der Waals surface area contributed by atoms with Gasteiger partial charge in [0.1, 0.15) is 5.82 Å². The fraction of sp³-hybridized carbons (Fsp3) is 0.440. The SMILES string of the molecule is O=C(Nc1ccc2c(ccn2CCN2CCOCC2)c1)c1cccnc1N1CCCCC1. The zero-order valence-corrected chi connectivity index (χ0v) is 18.5. The van der Waals surface area contributed by atoms with Crippen molar-refractivity contribution in [2.75, 3.05) is 56.2 Å². The topological polar surface area (TPSA) is 62.6 Å². The number of amides is 1. The second kappa shape index (κ2) is 9.71. The van der Waals surface area contributed by atoms with E-state index in [0.29, 0.717) is 5.56 Å². The van der Waals surface area contributed by atoms with Crippen LogP contribution in [0.5, 0.6) is 0 Å². The predicted molar refractivity (Wildman–Crippen MR) is 127 cm³/mol. The Morgan fingerprint density at radius 2 is 1.84 bits per heavy atom. The Hall–Kier alpha value is -2.90. The number of aromatic nitrogens is 2. The molecule has 0 radical (unpaired) electrons. The van der Waals surface area contributed by atoms with Gasteiger partial charge in [0.25, 0.3) is 5.91 Å². The summed E-state index contributed by atoms with van der Waals surface area (Å²) >= 11 is 0. The Labute approximate surface area is 189 Å². The third-order valence-electron chi connectivity index (χ3n) is 6.48. The lowest BCUT2D eigenvalue weighted by Crippen LogP contribution is -2.38. The van der Waals surface area contributed by atoms with Gasteiger partial charge in [-0.25, -0.2) is 4.98 Å². The number of hydrogen-bond acceptors (Lipinski definition) is 5. The largest absolute Gasteiger partial charge is 0.379 e. The minimum Gasteiger partial charge on any atom is -0.379 e. The van der Waals surface area contributed by atoms with Gasteiger partial charge < -0.3 is 19.5 Å². The van der Waals surface area contributed by atoms with Gasteiger partial charge in [-0.1, -0.05) is 0 Å². The quantitative estimate of drug-likeness (QED) is 0.644. The molecule has 7 nitrogen and oxygen atoms in total. The zero-order chi connectivity index (χ0) is 21.8. The van der Waals surface area contributed by atoms with Crippen LogP contribution in [-0.4, -0.2) is 66.3 Å². The number of piperidine rings is 1. The molecule has 0 aliphatic carbocycles. The number of rotatable bonds is 6. The van der Waals surface area contributed by atoms with Gasteiger partial charge >= 0.3 is 0 Å². The molecule has 5 rings (SSSR count). The fourth-order valence-electron chi connectivity index (χ4n) is 4.68. The van der Waals surface area contributed by atoms with Crippen molar-refractivity contribution in [3.05, 3.63) is 54.4 Å². The lowest BCUT2D eigenvalue weighted by Gasteiger charge is -2.29. The van der Waals surface area contributed by atoms with Gasteiger partial charge in [0.2, 0.25) is 0 Å². The van der Waals surface area contributed by atoms with Crippen LogP contribution < -0.4 is 10.2 Å². The van der Waals surface area contributed by atoms with E-state index in [1.165, 1.54) is 11.9 Å². The molecular weight excluding hydrogens is 402 g/mol. The van der Waals surface area contributed by atoms with Crippen LogP contribution in [0.2, 0.25) is 0 Å². The van der Waals surface area contributed by atoms with Gasteiger partial charge in [0, 0.05) is 68.3 Å². The number of ether oxygens (including phenoxy) is 1. The Morgan fingerprint density at radius 3 is 2.69 bits per heavy atom. The Bertz CT molecular complexity index is 1070. The third kappa shape index (κ3) is 4.64.